The van der Waals surface area contributed by atoms with Crippen molar-refractivity contribution in [2.45, 2.75) is 45.5 Å². The third-order valence-electron chi connectivity index (χ3n) is 2.10. The van der Waals surface area contributed by atoms with Gasteiger partial charge in [-0.05, 0) is 27.7 Å². The summed E-state index contributed by atoms with van der Waals surface area (Å²) in [5, 5.41) is 5.94. The first-order valence-corrected chi connectivity index (χ1v) is 5.70. The van der Waals surface area contributed by atoms with E-state index in [0.29, 0.717) is 6.54 Å². The van der Waals surface area contributed by atoms with Crippen molar-refractivity contribution < 1.29 is 14.3 Å². The molecule has 2 atom stereocenters. The Hall–Kier alpha value is -0.810. The van der Waals surface area contributed by atoms with Gasteiger partial charge in [0, 0.05) is 19.6 Å². The summed E-state index contributed by atoms with van der Waals surface area (Å²) in [5.74, 6) is 0. The Morgan fingerprint density at radius 3 is 2.75 bits per heavy atom. The van der Waals surface area contributed by atoms with Crippen LogP contribution >= 0.6 is 0 Å². The van der Waals surface area contributed by atoms with Crippen LogP contribution in [0.1, 0.15) is 27.7 Å². The first-order valence-electron chi connectivity index (χ1n) is 5.70. The summed E-state index contributed by atoms with van der Waals surface area (Å²) in [6.45, 7) is 9.63. The smallest absolute Gasteiger partial charge is 0.407 e. The lowest BCUT2D eigenvalue weighted by molar-refractivity contribution is -0.0273. The summed E-state index contributed by atoms with van der Waals surface area (Å²) >= 11 is 0. The third-order valence-corrected chi connectivity index (χ3v) is 2.10. The second kappa shape index (κ2) is 5.50. The highest BCUT2D eigenvalue weighted by Gasteiger charge is 2.21. The van der Waals surface area contributed by atoms with E-state index in [4.69, 9.17) is 9.47 Å². The van der Waals surface area contributed by atoms with Crippen LogP contribution in [-0.2, 0) is 9.47 Å². The van der Waals surface area contributed by atoms with E-state index in [0.717, 1.165) is 13.1 Å². The molecule has 1 fully saturated rings. The van der Waals surface area contributed by atoms with Crippen molar-refractivity contribution in [2.24, 2.45) is 0 Å². The van der Waals surface area contributed by atoms with Crippen LogP contribution in [0.3, 0.4) is 0 Å². The Morgan fingerprint density at radius 1 is 1.50 bits per heavy atom. The lowest BCUT2D eigenvalue weighted by Gasteiger charge is -2.29. The van der Waals surface area contributed by atoms with Crippen LogP contribution in [0.15, 0.2) is 0 Å². The summed E-state index contributed by atoms with van der Waals surface area (Å²) in [7, 11) is 0. The molecule has 2 N–H and O–H groups in total. The van der Waals surface area contributed by atoms with E-state index in [1.807, 2.05) is 27.7 Å². The molecule has 1 rings (SSSR count). The highest BCUT2D eigenvalue weighted by atomic mass is 16.6. The molecule has 0 bridgehead atoms. The van der Waals surface area contributed by atoms with Crippen molar-refractivity contribution in [1.82, 2.24) is 10.6 Å². The van der Waals surface area contributed by atoms with Crippen LogP contribution in [0.2, 0.25) is 0 Å². The topological polar surface area (TPSA) is 59.6 Å². The average molecular weight is 230 g/mol. The number of hydrogen-bond donors (Lipinski definition) is 2. The van der Waals surface area contributed by atoms with Gasteiger partial charge in [-0.25, -0.2) is 4.79 Å². The molecule has 16 heavy (non-hydrogen) atoms. The Bertz CT molecular complexity index is 238. The van der Waals surface area contributed by atoms with E-state index in [1.54, 1.807) is 0 Å². The molecule has 0 spiro atoms. The van der Waals surface area contributed by atoms with Crippen molar-refractivity contribution in [3.05, 3.63) is 0 Å². The lowest BCUT2D eigenvalue weighted by atomic mass is 10.2. The zero-order valence-electron chi connectivity index (χ0n) is 10.5. The van der Waals surface area contributed by atoms with Gasteiger partial charge in [-0.1, -0.05) is 0 Å². The second-order valence-electron chi connectivity index (χ2n) is 5.11. The van der Waals surface area contributed by atoms with E-state index in [-0.39, 0.29) is 12.2 Å². The van der Waals surface area contributed by atoms with Gasteiger partial charge in [0.15, 0.2) is 0 Å². The monoisotopic (exact) mass is 230 g/mol. The predicted molar refractivity (Wildman–Crippen MR) is 61.4 cm³/mol. The summed E-state index contributed by atoms with van der Waals surface area (Å²) in [6.07, 6.45) is -0.176. The van der Waals surface area contributed by atoms with Crippen molar-refractivity contribution in [1.29, 1.82) is 0 Å². The first-order chi connectivity index (χ1) is 7.37. The molecule has 1 heterocycles. The van der Waals surface area contributed by atoms with Gasteiger partial charge in [0.2, 0.25) is 0 Å². The lowest BCUT2D eigenvalue weighted by Crippen LogP contribution is -2.49. The summed E-state index contributed by atoms with van der Waals surface area (Å²) < 4.78 is 10.8. The first kappa shape index (κ1) is 13.3. The summed E-state index contributed by atoms with van der Waals surface area (Å²) in [4.78, 5) is 11.4. The fourth-order valence-electron chi connectivity index (χ4n) is 1.50. The van der Waals surface area contributed by atoms with Gasteiger partial charge in [-0.2, -0.15) is 0 Å². The Labute approximate surface area is 96.9 Å². The number of ether oxygens (including phenoxy) is 2. The molecular formula is C11H22N2O3. The number of nitrogens with one attached hydrogen (secondary N) is 2. The number of hydrogen-bond acceptors (Lipinski definition) is 4. The van der Waals surface area contributed by atoms with Gasteiger partial charge in [-0.15, -0.1) is 0 Å². The number of morpholine rings is 1. The maximum absolute atomic E-state index is 11.4. The van der Waals surface area contributed by atoms with E-state index in [2.05, 4.69) is 10.6 Å². The van der Waals surface area contributed by atoms with Crippen LogP contribution in [0.5, 0.6) is 0 Å². The molecule has 0 aromatic heterocycles. The minimum atomic E-state index is -0.455. The maximum Gasteiger partial charge on any atom is 0.407 e. The van der Waals surface area contributed by atoms with E-state index < -0.39 is 11.7 Å². The van der Waals surface area contributed by atoms with Crippen LogP contribution < -0.4 is 10.6 Å². The Morgan fingerprint density at radius 2 is 2.19 bits per heavy atom. The Balaban J connectivity index is 2.21. The molecule has 0 radical (unpaired) electrons. The van der Waals surface area contributed by atoms with E-state index >= 15 is 0 Å². The van der Waals surface area contributed by atoms with Gasteiger partial charge < -0.3 is 20.1 Å². The second-order valence-corrected chi connectivity index (χ2v) is 5.11. The number of amides is 1. The molecule has 0 aromatic rings. The number of alkyl carbamates (subject to hydrolysis) is 1. The van der Waals surface area contributed by atoms with Crippen molar-refractivity contribution >= 4 is 6.09 Å². The van der Waals surface area contributed by atoms with Gasteiger partial charge in [0.05, 0.1) is 12.2 Å². The van der Waals surface area contributed by atoms with Crippen molar-refractivity contribution in [2.75, 3.05) is 19.6 Å². The van der Waals surface area contributed by atoms with Crippen LogP contribution in [0, 0.1) is 0 Å². The quantitative estimate of drug-likeness (QED) is 0.739. The number of rotatable bonds is 2. The molecule has 5 heteroatoms. The van der Waals surface area contributed by atoms with E-state index in [1.165, 1.54) is 0 Å². The fourth-order valence-corrected chi connectivity index (χ4v) is 1.50. The SMILES string of the molecule is C[C@H]1CNC[C@@H](CNC(=O)OC(C)(C)C)O1. The molecule has 0 aliphatic carbocycles. The molecular weight excluding hydrogens is 208 g/mol. The van der Waals surface area contributed by atoms with Crippen LogP contribution in [0.4, 0.5) is 4.79 Å². The van der Waals surface area contributed by atoms with Gasteiger partial charge in [0.1, 0.15) is 5.60 Å². The average Bonchev–Trinajstić information content (AvgIpc) is 2.12. The number of carbonyl (C=O) groups excluding carboxylic acids is 1. The van der Waals surface area contributed by atoms with E-state index in [9.17, 15) is 4.79 Å². The molecule has 0 unspecified atom stereocenters. The number of carbonyl (C=O) groups is 1. The van der Waals surface area contributed by atoms with Crippen LogP contribution in [0.25, 0.3) is 0 Å². The minimum Gasteiger partial charge on any atom is -0.444 e. The normalized spacial score (nSPS) is 26.2. The zero-order chi connectivity index (χ0) is 12.2. The third kappa shape index (κ3) is 5.32. The minimum absolute atomic E-state index is 0.0243. The maximum atomic E-state index is 11.4. The standard InChI is InChI=1S/C11H22N2O3/c1-8-5-12-6-9(15-8)7-13-10(14)16-11(2,3)4/h8-9,12H,5-7H2,1-4H3,(H,13,14)/t8-,9-/m0/s1. The summed E-state index contributed by atoms with van der Waals surface area (Å²) in [6, 6.07) is 0. The van der Waals surface area contributed by atoms with Crippen molar-refractivity contribution in [3.8, 4) is 0 Å². The molecule has 94 valence electrons. The van der Waals surface area contributed by atoms with Gasteiger partial charge in [0.25, 0.3) is 0 Å². The van der Waals surface area contributed by atoms with Gasteiger partial charge >= 0.3 is 6.09 Å². The molecule has 1 amide bonds. The zero-order valence-corrected chi connectivity index (χ0v) is 10.5. The molecule has 5 nitrogen and oxygen atoms in total. The van der Waals surface area contributed by atoms with Crippen LogP contribution in [-0.4, -0.2) is 43.5 Å². The molecule has 1 aliphatic rings. The van der Waals surface area contributed by atoms with Crippen molar-refractivity contribution in [3.63, 3.8) is 0 Å². The largest absolute Gasteiger partial charge is 0.444 e. The Kier molecular flexibility index (Phi) is 4.56. The molecule has 1 aliphatic heterocycles. The molecule has 0 aromatic carbocycles. The van der Waals surface area contributed by atoms with Gasteiger partial charge in [-0.3, -0.25) is 0 Å². The highest BCUT2D eigenvalue weighted by Crippen LogP contribution is 2.07. The summed E-state index contributed by atoms with van der Waals surface area (Å²) in [5.41, 5.74) is -0.455. The fraction of sp³-hybridized carbons (Fsp3) is 0.909. The highest BCUT2D eigenvalue weighted by molar-refractivity contribution is 5.67. The molecule has 0 saturated carbocycles. The predicted octanol–water partition coefficient (Wildman–Crippen LogP) is 0.888. The molecule has 1 saturated heterocycles.